The molecule has 2 N–H and O–H groups in total. The second-order valence-electron chi connectivity index (χ2n) is 2.46. The van der Waals surface area contributed by atoms with Crippen LogP contribution in [0.25, 0.3) is 0 Å². The quantitative estimate of drug-likeness (QED) is 0.548. The molecule has 0 aromatic heterocycles. The smallest absolute Gasteiger partial charge is 0.0979 e. The monoisotopic (exact) mass is 130 g/mol. The predicted octanol–water partition coefficient (Wildman–Crippen LogP) is 0.550. The van der Waals surface area contributed by atoms with Gasteiger partial charge in [-0.2, -0.15) is 0 Å². The van der Waals surface area contributed by atoms with Crippen LogP contribution in [-0.2, 0) is 0 Å². The van der Waals surface area contributed by atoms with Gasteiger partial charge in [-0.05, 0) is 5.92 Å². The van der Waals surface area contributed by atoms with Crippen LogP contribution in [0.4, 0.5) is 0 Å². The molecule has 0 saturated carbocycles. The number of aliphatic hydroxyl groups excluding tert-OH is 2. The van der Waals surface area contributed by atoms with Crippen LogP contribution in [0.1, 0.15) is 13.8 Å². The van der Waals surface area contributed by atoms with Gasteiger partial charge in [-0.1, -0.05) is 19.9 Å². The van der Waals surface area contributed by atoms with E-state index in [0.717, 1.165) is 0 Å². The molecule has 2 nitrogen and oxygen atoms in total. The third kappa shape index (κ3) is 2.63. The predicted molar refractivity (Wildman–Crippen MR) is 37.0 cm³/mol. The summed E-state index contributed by atoms with van der Waals surface area (Å²) < 4.78 is 0. The van der Waals surface area contributed by atoms with E-state index in [1.807, 2.05) is 13.8 Å². The van der Waals surface area contributed by atoms with E-state index >= 15 is 0 Å². The van der Waals surface area contributed by atoms with Crippen LogP contribution in [0, 0.1) is 5.92 Å². The zero-order chi connectivity index (χ0) is 7.44. The molecule has 0 bridgehead atoms. The lowest BCUT2D eigenvalue weighted by atomic mass is 10.0. The molecule has 0 aromatic carbocycles. The third-order valence-corrected chi connectivity index (χ3v) is 1.27. The normalized spacial score (nSPS) is 17.4. The first-order valence-corrected chi connectivity index (χ1v) is 3.08. The minimum absolute atomic E-state index is 0.0815. The molecule has 0 aliphatic heterocycles. The van der Waals surface area contributed by atoms with Crippen molar-refractivity contribution in [3.8, 4) is 0 Å². The molecule has 0 saturated heterocycles. The van der Waals surface area contributed by atoms with Gasteiger partial charge < -0.3 is 10.2 Å². The molecule has 54 valence electrons. The summed E-state index contributed by atoms with van der Waals surface area (Å²) in [6.07, 6.45) is -0.127. The maximum Gasteiger partial charge on any atom is 0.0979 e. The summed E-state index contributed by atoms with van der Waals surface area (Å²) in [6, 6.07) is 0. The minimum Gasteiger partial charge on any atom is -0.390 e. The highest BCUT2D eigenvalue weighted by Gasteiger charge is 2.15. The van der Waals surface area contributed by atoms with E-state index in [9.17, 15) is 0 Å². The summed E-state index contributed by atoms with van der Waals surface area (Å²) in [7, 11) is 0. The number of hydrogen-bond acceptors (Lipinski definition) is 2. The third-order valence-electron chi connectivity index (χ3n) is 1.27. The van der Waals surface area contributed by atoms with Crippen molar-refractivity contribution in [3.05, 3.63) is 12.7 Å². The lowest BCUT2D eigenvalue weighted by Crippen LogP contribution is -2.28. The van der Waals surface area contributed by atoms with E-state index in [1.54, 1.807) is 0 Å². The van der Waals surface area contributed by atoms with Crippen molar-refractivity contribution >= 4 is 0 Å². The molecule has 2 heteroatoms. The van der Waals surface area contributed by atoms with Crippen LogP contribution >= 0.6 is 0 Å². The first-order chi connectivity index (χ1) is 4.09. The Balaban J connectivity index is 3.71. The van der Waals surface area contributed by atoms with Crippen molar-refractivity contribution in [2.24, 2.45) is 5.92 Å². The second kappa shape index (κ2) is 3.64. The molecule has 0 fully saturated rings. The Kier molecular flexibility index (Phi) is 3.50. The fourth-order valence-electron chi connectivity index (χ4n) is 0.534. The van der Waals surface area contributed by atoms with E-state index in [2.05, 4.69) is 6.58 Å². The maximum absolute atomic E-state index is 9.07. The molecule has 2 atom stereocenters. The average molecular weight is 130 g/mol. The van der Waals surface area contributed by atoms with Gasteiger partial charge in [0.25, 0.3) is 0 Å². The molecule has 0 aromatic rings. The SMILES string of the molecule is C=C[C@H](O)[C@@H](O)C(C)C. The molecular formula is C7H14O2. The summed E-state index contributed by atoms with van der Waals surface area (Å²) >= 11 is 0. The fourth-order valence-corrected chi connectivity index (χ4v) is 0.534. The van der Waals surface area contributed by atoms with Crippen LogP contribution in [0.3, 0.4) is 0 Å². The Hall–Kier alpha value is -0.340. The highest BCUT2D eigenvalue weighted by Crippen LogP contribution is 2.05. The van der Waals surface area contributed by atoms with Gasteiger partial charge in [0.15, 0.2) is 0 Å². The van der Waals surface area contributed by atoms with E-state index in [0.29, 0.717) is 0 Å². The molecule has 9 heavy (non-hydrogen) atoms. The molecule has 0 amide bonds. The topological polar surface area (TPSA) is 40.5 Å². The zero-order valence-corrected chi connectivity index (χ0v) is 5.91. The Morgan fingerprint density at radius 1 is 1.33 bits per heavy atom. The van der Waals surface area contributed by atoms with Crippen molar-refractivity contribution < 1.29 is 10.2 Å². The van der Waals surface area contributed by atoms with Crippen molar-refractivity contribution in [1.82, 2.24) is 0 Å². The van der Waals surface area contributed by atoms with E-state index in [4.69, 9.17) is 10.2 Å². The summed E-state index contributed by atoms with van der Waals surface area (Å²) in [5.74, 6) is 0.0815. The summed E-state index contributed by atoms with van der Waals surface area (Å²) in [5, 5.41) is 18.0. The van der Waals surface area contributed by atoms with Gasteiger partial charge in [-0.15, -0.1) is 6.58 Å². The fraction of sp³-hybridized carbons (Fsp3) is 0.714. The lowest BCUT2D eigenvalue weighted by Gasteiger charge is -2.17. The summed E-state index contributed by atoms with van der Waals surface area (Å²) in [6.45, 7) is 7.04. The van der Waals surface area contributed by atoms with Gasteiger partial charge >= 0.3 is 0 Å². The highest BCUT2D eigenvalue weighted by atomic mass is 16.3. The van der Waals surface area contributed by atoms with Gasteiger partial charge in [-0.3, -0.25) is 0 Å². The largest absolute Gasteiger partial charge is 0.390 e. The average Bonchev–Trinajstić information content (AvgIpc) is 1.84. The number of hydrogen-bond donors (Lipinski definition) is 2. The Morgan fingerprint density at radius 3 is 1.89 bits per heavy atom. The van der Waals surface area contributed by atoms with Gasteiger partial charge in [0.2, 0.25) is 0 Å². The van der Waals surface area contributed by atoms with Crippen LogP contribution in [0.15, 0.2) is 12.7 Å². The Morgan fingerprint density at radius 2 is 1.78 bits per heavy atom. The molecule has 0 aliphatic carbocycles. The highest BCUT2D eigenvalue weighted by molar-refractivity contribution is 4.85. The molecule has 0 rings (SSSR count). The molecule has 0 spiro atoms. The van der Waals surface area contributed by atoms with Gasteiger partial charge in [0, 0.05) is 0 Å². The van der Waals surface area contributed by atoms with Crippen molar-refractivity contribution in [2.75, 3.05) is 0 Å². The van der Waals surface area contributed by atoms with Crippen molar-refractivity contribution in [3.63, 3.8) is 0 Å². The first kappa shape index (κ1) is 8.66. The van der Waals surface area contributed by atoms with E-state index in [1.165, 1.54) is 6.08 Å². The van der Waals surface area contributed by atoms with Crippen molar-refractivity contribution in [1.29, 1.82) is 0 Å². The van der Waals surface area contributed by atoms with E-state index < -0.39 is 12.2 Å². The Labute approximate surface area is 55.8 Å². The number of aliphatic hydroxyl groups is 2. The second-order valence-corrected chi connectivity index (χ2v) is 2.46. The van der Waals surface area contributed by atoms with Crippen LogP contribution < -0.4 is 0 Å². The molecule has 0 heterocycles. The maximum atomic E-state index is 9.07. The van der Waals surface area contributed by atoms with Crippen LogP contribution in [0.5, 0.6) is 0 Å². The molecular weight excluding hydrogens is 116 g/mol. The Bertz CT molecular complexity index is 88.9. The minimum atomic E-state index is -0.787. The lowest BCUT2D eigenvalue weighted by molar-refractivity contribution is 0.0185. The molecule has 0 radical (unpaired) electrons. The van der Waals surface area contributed by atoms with Gasteiger partial charge in [-0.25, -0.2) is 0 Å². The van der Waals surface area contributed by atoms with E-state index in [-0.39, 0.29) is 5.92 Å². The standard InChI is InChI=1S/C7H14O2/c1-4-6(8)7(9)5(2)3/h4-9H,1H2,2-3H3/t6-,7-/m0/s1. The first-order valence-electron chi connectivity index (χ1n) is 3.08. The molecule has 0 aliphatic rings. The van der Waals surface area contributed by atoms with Crippen LogP contribution in [0.2, 0.25) is 0 Å². The van der Waals surface area contributed by atoms with Crippen LogP contribution in [-0.4, -0.2) is 22.4 Å². The number of rotatable bonds is 3. The van der Waals surface area contributed by atoms with Crippen molar-refractivity contribution in [2.45, 2.75) is 26.1 Å². The summed E-state index contributed by atoms with van der Waals surface area (Å²) in [5.41, 5.74) is 0. The summed E-state index contributed by atoms with van der Waals surface area (Å²) in [4.78, 5) is 0. The van der Waals surface area contributed by atoms with Gasteiger partial charge in [0.1, 0.15) is 0 Å². The van der Waals surface area contributed by atoms with Gasteiger partial charge in [0.05, 0.1) is 12.2 Å². The molecule has 0 unspecified atom stereocenters. The zero-order valence-electron chi connectivity index (χ0n) is 5.91.